The lowest BCUT2D eigenvalue weighted by atomic mass is 10.1. The molecule has 0 saturated carbocycles. The number of benzene rings is 2. The Labute approximate surface area is 181 Å². The minimum absolute atomic E-state index is 0.138. The molecule has 4 rings (SSSR count). The Bertz CT molecular complexity index is 1320. The van der Waals surface area contributed by atoms with Crippen LogP contribution in [0.5, 0.6) is 0 Å². The van der Waals surface area contributed by atoms with Crippen LogP contribution in [-0.4, -0.2) is 23.5 Å². The molecule has 0 spiro atoms. The average molecular weight is 460 g/mol. The number of pyridine rings is 1. The van der Waals surface area contributed by atoms with E-state index in [1.54, 1.807) is 42.7 Å². The molecule has 0 amide bonds. The van der Waals surface area contributed by atoms with E-state index in [0.717, 1.165) is 24.3 Å². The fourth-order valence-corrected chi connectivity index (χ4v) is 4.00. The van der Waals surface area contributed by atoms with E-state index in [-0.39, 0.29) is 22.9 Å². The van der Waals surface area contributed by atoms with Crippen molar-refractivity contribution in [2.45, 2.75) is 17.5 Å². The lowest BCUT2D eigenvalue weighted by Crippen LogP contribution is -2.15. The molecule has 0 atom stereocenters. The second-order valence-corrected chi connectivity index (χ2v) is 8.40. The number of alkyl halides is 3. The number of aromatic nitrogens is 3. The van der Waals surface area contributed by atoms with Crippen LogP contribution in [0.15, 0.2) is 82.5 Å². The largest absolute Gasteiger partial charge is 0.416 e. The second kappa shape index (κ2) is 8.42. The van der Waals surface area contributed by atoms with Crippen molar-refractivity contribution in [1.29, 1.82) is 0 Å². The zero-order valence-corrected chi connectivity index (χ0v) is 17.1. The monoisotopic (exact) mass is 460 g/mol. The summed E-state index contributed by atoms with van der Waals surface area (Å²) in [6.07, 6.45) is -1.22. The van der Waals surface area contributed by atoms with Gasteiger partial charge in [0.2, 0.25) is 11.7 Å². The molecular weight excluding hydrogens is 445 g/mol. The predicted octanol–water partition coefficient (Wildman–Crippen LogP) is 4.54. The van der Waals surface area contributed by atoms with Gasteiger partial charge in [0.15, 0.2) is 0 Å². The van der Waals surface area contributed by atoms with Gasteiger partial charge in [0.1, 0.15) is 0 Å². The molecule has 0 unspecified atom stereocenters. The highest BCUT2D eigenvalue weighted by Crippen LogP contribution is 2.30. The topological polar surface area (TPSA) is 98.0 Å². The van der Waals surface area contributed by atoms with Crippen LogP contribution in [0.1, 0.15) is 17.0 Å². The molecule has 0 aliphatic carbocycles. The maximum atomic E-state index is 12.7. The molecule has 0 aliphatic rings. The predicted molar refractivity (Wildman–Crippen MR) is 109 cm³/mol. The van der Waals surface area contributed by atoms with E-state index in [1.807, 2.05) is 0 Å². The minimum atomic E-state index is -4.55. The van der Waals surface area contributed by atoms with Crippen molar-refractivity contribution in [3.63, 3.8) is 0 Å². The molecule has 2 aromatic heterocycles. The molecule has 0 saturated heterocycles. The number of hydrogen-bond acceptors (Lipinski definition) is 6. The van der Waals surface area contributed by atoms with E-state index < -0.39 is 21.8 Å². The third-order valence-corrected chi connectivity index (χ3v) is 5.86. The van der Waals surface area contributed by atoms with E-state index in [2.05, 4.69) is 19.8 Å². The van der Waals surface area contributed by atoms with Crippen LogP contribution in [0.4, 0.5) is 18.9 Å². The first kappa shape index (κ1) is 21.5. The molecule has 2 heterocycles. The number of sulfonamides is 1. The van der Waals surface area contributed by atoms with Crippen molar-refractivity contribution in [2.24, 2.45) is 0 Å². The van der Waals surface area contributed by atoms with E-state index >= 15 is 0 Å². The van der Waals surface area contributed by atoms with Crippen LogP contribution < -0.4 is 4.72 Å². The van der Waals surface area contributed by atoms with Gasteiger partial charge < -0.3 is 4.52 Å². The van der Waals surface area contributed by atoms with E-state index in [9.17, 15) is 21.6 Å². The van der Waals surface area contributed by atoms with Crippen LogP contribution in [-0.2, 0) is 22.6 Å². The van der Waals surface area contributed by atoms with Gasteiger partial charge in [-0.1, -0.05) is 23.4 Å². The molecule has 32 heavy (non-hydrogen) atoms. The average Bonchev–Trinajstić information content (AvgIpc) is 3.24. The summed E-state index contributed by atoms with van der Waals surface area (Å²) in [6.45, 7) is 0. The summed E-state index contributed by atoms with van der Waals surface area (Å²) in [4.78, 5) is 8.00. The molecule has 0 bridgehead atoms. The van der Waals surface area contributed by atoms with Crippen LogP contribution in [0.2, 0.25) is 0 Å². The first-order valence-electron chi connectivity index (χ1n) is 9.23. The fraction of sp³-hybridized carbons (Fsp3) is 0.0952. The summed E-state index contributed by atoms with van der Waals surface area (Å²) >= 11 is 0. The summed E-state index contributed by atoms with van der Waals surface area (Å²) in [7, 11) is -4.12. The first-order valence-corrected chi connectivity index (χ1v) is 10.7. The van der Waals surface area contributed by atoms with Crippen molar-refractivity contribution in [3.8, 4) is 11.4 Å². The second-order valence-electron chi connectivity index (χ2n) is 6.71. The van der Waals surface area contributed by atoms with Gasteiger partial charge in [-0.25, -0.2) is 8.42 Å². The molecule has 0 fully saturated rings. The van der Waals surface area contributed by atoms with Crippen molar-refractivity contribution >= 4 is 15.7 Å². The molecule has 2 aromatic carbocycles. The number of nitrogens with one attached hydrogen (secondary N) is 1. The highest BCUT2D eigenvalue weighted by Gasteiger charge is 2.30. The number of halogens is 3. The number of anilines is 1. The van der Waals surface area contributed by atoms with Crippen molar-refractivity contribution in [2.75, 3.05) is 4.72 Å². The van der Waals surface area contributed by atoms with Gasteiger partial charge in [0.25, 0.3) is 10.0 Å². The third kappa shape index (κ3) is 4.78. The highest BCUT2D eigenvalue weighted by molar-refractivity contribution is 7.92. The maximum Gasteiger partial charge on any atom is 0.416 e. The van der Waals surface area contributed by atoms with Gasteiger partial charge >= 0.3 is 6.18 Å². The Morgan fingerprint density at radius 1 is 0.969 bits per heavy atom. The lowest BCUT2D eigenvalue weighted by Gasteiger charge is -2.12. The number of hydrogen-bond donors (Lipinski definition) is 1. The SMILES string of the molecule is O=S(=O)(Nc1ccccc1Cc1nc(-c2cccnc2)no1)c1ccc(C(F)(F)F)cc1. The van der Waals surface area contributed by atoms with Crippen LogP contribution in [0.25, 0.3) is 11.4 Å². The third-order valence-electron chi connectivity index (χ3n) is 4.48. The smallest absolute Gasteiger partial charge is 0.339 e. The van der Waals surface area contributed by atoms with Gasteiger partial charge in [-0.2, -0.15) is 18.2 Å². The van der Waals surface area contributed by atoms with Gasteiger partial charge in [0, 0.05) is 18.0 Å². The van der Waals surface area contributed by atoms with Gasteiger partial charge in [-0.05, 0) is 48.0 Å². The van der Waals surface area contributed by atoms with Gasteiger partial charge in [0.05, 0.1) is 22.6 Å². The Kier molecular flexibility index (Phi) is 5.66. The maximum absolute atomic E-state index is 12.7. The molecule has 0 aliphatic heterocycles. The molecular formula is C21H15F3N4O3S. The molecule has 0 radical (unpaired) electrons. The standard InChI is InChI=1S/C21H15F3N4O3S/c22-21(23,24)16-7-9-17(10-8-16)32(29,30)28-18-6-2-1-4-14(18)12-19-26-20(27-31-19)15-5-3-11-25-13-15/h1-11,13,28H,12H2. The zero-order chi connectivity index (χ0) is 22.8. The summed E-state index contributed by atoms with van der Waals surface area (Å²) < 4.78 is 71.3. The summed E-state index contributed by atoms with van der Waals surface area (Å²) in [5, 5.41) is 3.91. The minimum Gasteiger partial charge on any atom is -0.339 e. The molecule has 4 aromatic rings. The molecule has 11 heteroatoms. The van der Waals surface area contributed by atoms with E-state index in [1.165, 1.54) is 6.07 Å². The summed E-state index contributed by atoms with van der Waals surface area (Å²) in [5.74, 6) is 0.598. The Balaban J connectivity index is 1.56. The Morgan fingerprint density at radius 3 is 2.41 bits per heavy atom. The van der Waals surface area contributed by atoms with Crippen molar-refractivity contribution < 1.29 is 26.1 Å². The van der Waals surface area contributed by atoms with Crippen LogP contribution >= 0.6 is 0 Å². The lowest BCUT2D eigenvalue weighted by molar-refractivity contribution is -0.137. The van der Waals surface area contributed by atoms with E-state index in [0.29, 0.717) is 17.0 Å². The molecule has 164 valence electrons. The number of rotatable bonds is 6. The zero-order valence-electron chi connectivity index (χ0n) is 16.2. The van der Waals surface area contributed by atoms with Crippen LogP contribution in [0.3, 0.4) is 0 Å². The van der Waals surface area contributed by atoms with Gasteiger partial charge in [-0.3, -0.25) is 9.71 Å². The molecule has 1 N–H and O–H groups in total. The fourth-order valence-electron chi connectivity index (χ4n) is 2.90. The highest BCUT2D eigenvalue weighted by atomic mass is 32.2. The van der Waals surface area contributed by atoms with Crippen molar-refractivity contribution in [1.82, 2.24) is 15.1 Å². The van der Waals surface area contributed by atoms with Gasteiger partial charge in [-0.15, -0.1) is 0 Å². The summed E-state index contributed by atoms with van der Waals surface area (Å²) in [6, 6.07) is 13.3. The van der Waals surface area contributed by atoms with Crippen molar-refractivity contribution in [3.05, 3.63) is 90.1 Å². The van der Waals surface area contributed by atoms with E-state index in [4.69, 9.17) is 4.52 Å². The normalized spacial score (nSPS) is 12.0. The Morgan fingerprint density at radius 2 is 1.72 bits per heavy atom. The number of nitrogens with zero attached hydrogens (tertiary/aromatic N) is 3. The first-order chi connectivity index (χ1) is 15.2. The van der Waals surface area contributed by atoms with Crippen LogP contribution in [0, 0.1) is 0 Å². The summed E-state index contributed by atoms with van der Waals surface area (Å²) in [5.41, 5.74) is 0.523. The number of para-hydroxylation sites is 1. The Hall–Kier alpha value is -3.73. The quantitative estimate of drug-likeness (QED) is 0.454. The molecule has 7 nitrogen and oxygen atoms in total.